The Morgan fingerprint density at radius 3 is 2.88 bits per heavy atom. The van der Waals surface area contributed by atoms with Crippen LogP contribution in [0.1, 0.15) is 36.2 Å². The Balaban J connectivity index is 1.78. The predicted molar refractivity (Wildman–Crippen MR) is 62.5 cm³/mol. The summed E-state index contributed by atoms with van der Waals surface area (Å²) >= 11 is 0. The number of hydrogen-bond acceptors (Lipinski definition) is 2. The maximum Gasteiger partial charge on any atom is 0.198 e. The fraction of sp³-hybridized carbons (Fsp3) is 0.357. The van der Waals surface area contributed by atoms with Crippen LogP contribution in [-0.4, -0.2) is 5.78 Å². The molecule has 0 amide bonds. The normalized spacial score (nSPS) is 15.5. The number of fused-ring (bicyclic) bond motifs is 1. The summed E-state index contributed by atoms with van der Waals surface area (Å²) in [6.07, 6.45) is 4.25. The van der Waals surface area contributed by atoms with Crippen molar-refractivity contribution in [1.82, 2.24) is 0 Å². The molecule has 0 spiro atoms. The summed E-state index contributed by atoms with van der Waals surface area (Å²) in [4.78, 5) is 11.9. The molecule has 0 bridgehead atoms. The summed E-state index contributed by atoms with van der Waals surface area (Å²) in [6.45, 7) is 0. The Morgan fingerprint density at radius 1 is 1.31 bits per heavy atom. The molecule has 1 heterocycles. The molecule has 1 aliphatic carbocycles. The van der Waals surface area contributed by atoms with E-state index in [2.05, 4.69) is 0 Å². The molecule has 0 aliphatic heterocycles. The standard InChI is InChI=1S/C14H14O2/c15-12(8-7-10-5-6-10)14-9-11-3-1-2-4-13(11)16-14/h1-4,9-10H,5-8H2. The fourth-order valence-corrected chi connectivity index (χ4v) is 1.98. The number of Topliss-reactive ketones (excluding diaryl/α,β-unsaturated/α-hetero) is 1. The molecule has 2 heteroatoms. The minimum atomic E-state index is 0.142. The van der Waals surface area contributed by atoms with E-state index >= 15 is 0 Å². The highest BCUT2D eigenvalue weighted by Gasteiger charge is 2.23. The Kier molecular flexibility index (Phi) is 2.28. The van der Waals surface area contributed by atoms with E-state index in [1.807, 2.05) is 30.3 Å². The van der Waals surface area contributed by atoms with Gasteiger partial charge >= 0.3 is 0 Å². The van der Waals surface area contributed by atoms with Gasteiger partial charge in [-0.3, -0.25) is 4.79 Å². The average molecular weight is 214 g/mol. The van der Waals surface area contributed by atoms with Crippen LogP contribution in [0.15, 0.2) is 34.7 Å². The van der Waals surface area contributed by atoms with Crippen LogP contribution in [0.2, 0.25) is 0 Å². The zero-order valence-electron chi connectivity index (χ0n) is 9.11. The molecule has 0 radical (unpaired) electrons. The average Bonchev–Trinajstić information content (AvgIpc) is 3.02. The van der Waals surface area contributed by atoms with Gasteiger partial charge in [0.2, 0.25) is 0 Å². The molecule has 2 nitrogen and oxygen atoms in total. The van der Waals surface area contributed by atoms with Crippen molar-refractivity contribution < 1.29 is 9.21 Å². The quantitative estimate of drug-likeness (QED) is 0.724. The van der Waals surface area contributed by atoms with Gasteiger partial charge < -0.3 is 4.42 Å². The largest absolute Gasteiger partial charge is 0.453 e. The molecule has 82 valence electrons. The van der Waals surface area contributed by atoms with E-state index in [4.69, 9.17) is 4.42 Å². The van der Waals surface area contributed by atoms with Gasteiger partial charge in [0.1, 0.15) is 5.58 Å². The van der Waals surface area contributed by atoms with Crippen LogP contribution in [0.5, 0.6) is 0 Å². The van der Waals surface area contributed by atoms with Crippen molar-refractivity contribution in [3.05, 3.63) is 36.1 Å². The van der Waals surface area contributed by atoms with E-state index in [0.29, 0.717) is 12.2 Å². The molecule has 0 atom stereocenters. The highest BCUT2D eigenvalue weighted by Crippen LogP contribution is 2.34. The third kappa shape index (κ3) is 1.87. The van der Waals surface area contributed by atoms with E-state index in [1.54, 1.807) is 0 Å². The highest BCUT2D eigenvalue weighted by molar-refractivity contribution is 5.97. The second kappa shape index (κ2) is 3.78. The number of furan rings is 1. The van der Waals surface area contributed by atoms with Gasteiger partial charge in [0.05, 0.1) is 0 Å². The second-order valence-electron chi connectivity index (χ2n) is 4.55. The van der Waals surface area contributed by atoms with Crippen molar-refractivity contribution in [2.75, 3.05) is 0 Å². The van der Waals surface area contributed by atoms with Crippen LogP contribution in [0.4, 0.5) is 0 Å². The number of ketones is 1. The third-order valence-electron chi connectivity index (χ3n) is 3.18. The SMILES string of the molecule is O=C(CCC1CC1)c1cc2ccccc2o1. The van der Waals surface area contributed by atoms with Gasteiger partial charge in [-0.25, -0.2) is 0 Å². The topological polar surface area (TPSA) is 30.2 Å². The molecular formula is C14H14O2. The van der Waals surface area contributed by atoms with E-state index in [1.165, 1.54) is 12.8 Å². The molecule has 3 rings (SSSR count). The summed E-state index contributed by atoms with van der Waals surface area (Å²) < 4.78 is 5.53. The van der Waals surface area contributed by atoms with E-state index in [9.17, 15) is 4.79 Å². The fourth-order valence-electron chi connectivity index (χ4n) is 1.98. The van der Waals surface area contributed by atoms with Gasteiger partial charge in [0.25, 0.3) is 0 Å². The maximum absolute atomic E-state index is 11.9. The molecule has 0 saturated heterocycles. The first-order valence-corrected chi connectivity index (χ1v) is 5.85. The van der Waals surface area contributed by atoms with Gasteiger partial charge in [0, 0.05) is 11.8 Å². The third-order valence-corrected chi connectivity index (χ3v) is 3.18. The van der Waals surface area contributed by atoms with E-state index in [-0.39, 0.29) is 5.78 Å². The number of para-hydroxylation sites is 1. The van der Waals surface area contributed by atoms with Gasteiger partial charge in [0.15, 0.2) is 11.5 Å². The van der Waals surface area contributed by atoms with Crippen LogP contribution >= 0.6 is 0 Å². The van der Waals surface area contributed by atoms with Crippen molar-refractivity contribution >= 4 is 16.8 Å². The summed E-state index contributed by atoms with van der Waals surface area (Å²) in [5.41, 5.74) is 0.803. The maximum atomic E-state index is 11.9. The Bertz CT molecular complexity index is 487. The molecule has 1 saturated carbocycles. The zero-order chi connectivity index (χ0) is 11.0. The summed E-state index contributed by atoms with van der Waals surface area (Å²) in [5, 5.41) is 1.01. The first-order chi connectivity index (χ1) is 7.83. The van der Waals surface area contributed by atoms with Crippen LogP contribution in [0, 0.1) is 5.92 Å². The van der Waals surface area contributed by atoms with E-state index < -0.39 is 0 Å². The highest BCUT2D eigenvalue weighted by atomic mass is 16.3. The summed E-state index contributed by atoms with van der Waals surface area (Å²) in [6, 6.07) is 9.59. The van der Waals surface area contributed by atoms with Crippen molar-refractivity contribution in [3.8, 4) is 0 Å². The number of carbonyl (C=O) groups excluding carboxylic acids is 1. The monoisotopic (exact) mass is 214 g/mol. The lowest BCUT2D eigenvalue weighted by Gasteiger charge is -1.94. The smallest absolute Gasteiger partial charge is 0.198 e. The van der Waals surface area contributed by atoms with Crippen molar-refractivity contribution in [2.45, 2.75) is 25.7 Å². The molecule has 1 fully saturated rings. The molecule has 0 unspecified atom stereocenters. The van der Waals surface area contributed by atoms with Gasteiger partial charge in [-0.15, -0.1) is 0 Å². The Morgan fingerprint density at radius 2 is 2.12 bits per heavy atom. The minimum absolute atomic E-state index is 0.142. The zero-order valence-corrected chi connectivity index (χ0v) is 9.11. The first-order valence-electron chi connectivity index (χ1n) is 5.85. The summed E-state index contributed by atoms with van der Waals surface area (Å²) in [7, 11) is 0. The lowest BCUT2D eigenvalue weighted by molar-refractivity contribution is 0.0953. The number of benzene rings is 1. The molecule has 1 aliphatic rings. The molecule has 2 aromatic rings. The number of rotatable bonds is 4. The lowest BCUT2D eigenvalue weighted by atomic mass is 10.1. The van der Waals surface area contributed by atoms with Gasteiger partial charge in [-0.2, -0.15) is 0 Å². The van der Waals surface area contributed by atoms with Crippen LogP contribution in [0.3, 0.4) is 0 Å². The minimum Gasteiger partial charge on any atom is -0.453 e. The van der Waals surface area contributed by atoms with Crippen LogP contribution in [0.25, 0.3) is 11.0 Å². The predicted octanol–water partition coefficient (Wildman–Crippen LogP) is 3.81. The van der Waals surface area contributed by atoms with Gasteiger partial charge in [-0.05, 0) is 24.5 Å². The van der Waals surface area contributed by atoms with Gasteiger partial charge in [-0.1, -0.05) is 31.0 Å². The Labute approximate surface area is 94.3 Å². The van der Waals surface area contributed by atoms with Crippen LogP contribution in [-0.2, 0) is 0 Å². The number of hydrogen-bond donors (Lipinski definition) is 0. The molecule has 1 aromatic carbocycles. The van der Waals surface area contributed by atoms with Crippen molar-refractivity contribution in [2.24, 2.45) is 5.92 Å². The summed E-state index contributed by atoms with van der Waals surface area (Å²) in [5.74, 6) is 1.46. The molecule has 16 heavy (non-hydrogen) atoms. The van der Waals surface area contributed by atoms with Crippen molar-refractivity contribution in [3.63, 3.8) is 0 Å². The van der Waals surface area contributed by atoms with E-state index in [0.717, 1.165) is 23.3 Å². The van der Waals surface area contributed by atoms with Crippen molar-refractivity contribution in [1.29, 1.82) is 0 Å². The molecular weight excluding hydrogens is 200 g/mol. The lowest BCUT2D eigenvalue weighted by Crippen LogP contribution is -1.96. The number of carbonyl (C=O) groups is 1. The second-order valence-corrected chi connectivity index (χ2v) is 4.55. The Hall–Kier alpha value is -1.57. The molecule has 1 aromatic heterocycles. The molecule has 0 N–H and O–H groups in total. The first kappa shape index (κ1) is 9.64. The van der Waals surface area contributed by atoms with Crippen LogP contribution < -0.4 is 0 Å².